The van der Waals surface area contributed by atoms with Crippen molar-refractivity contribution in [1.82, 2.24) is 4.98 Å². The molecule has 0 N–H and O–H groups in total. The van der Waals surface area contributed by atoms with Crippen LogP contribution in [0, 0.1) is 24.1 Å². The lowest BCUT2D eigenvalue weighted by atomic mass is 9.76. The van der Waals surface area contributed by atoms with Crippen molar-refractivity contribution >= 4 is 35.0 Å². The summed E-state index contributed by atoms with van der Waals surface area (Å²) in [6.45, 7) is 2.36. The number of ether oxygens (including phenoxy) is 2. The minimum Gasteiger partial charge on any atom is -0.488 e. The highest BCUT2D eigenvalue weighted by molar-refractivity contribution is 7.80. The van der Waals surface area contributed by atoms with Gasteiger partial charge in [0.05, 0.1) is 18.5 Å². The van der Waals surface area contributed by atoms with Gasteiger partial charge in [0, 0.05) is 25.9 Å². The summed E-state index contributed by atoms with van der Waals surface area (Å²) in [5.41, 5.74) is 1.33. The van der Waals surface area contributed by atoms with Crippen LogP contribution in [0.15, 0.2) is 30.5 Å². The summed E-state index contributed by atoms with van der Waals surface area (Å²) in [5, 5.41) is 9.47. The number of benzene rings is 1. The maximum Gasteiger partial charge on any atom is 0.181 e. The molecule has 1 aliphatic carbocycles. The minimum atomic E-state index is -0.842. The number of rotatable bonds is 8. The number of anilines is 2. The summed E-state index contributed by atoms with van der Waals surface area (Å²) in [4.78, 5) is 19.7. The Morgan fingerprint density at radius 1 is 1.34 bits per heavy atom. The van der Waals surface area contributed by atoms with Crippen LogP contribution in [0.2, 0.25) is 0 Å². The van der Waals surface area contributed by atoms with E-state index in [1.165, 1.54) is 12.1 Å². The van der Waals surface area contributed by atoms with Gasteiger partial charge in [0.2, 0.25) is 0 Å². The molecule has 1 aliphatic rings. The van der Waals surface area contributed by atoms with Crippen LogP contribution in [0.1, 0.15) is 30.5 Å². The molecule has 168 valence electrons. The first-order valence-corrected chi connectivity index (χ1v) is 10.6. The molecular weight excluding hydrogens is 431 g/mol. The first-order chi connectivity index (χ1) is 15.4. The smallest absolute Gasteiger partial charge is 0.181 e. The zero-order valence-corrected chi connectivity index (χ0v) is 19.1. The molecule has 1 heterocycles. The van der Waals surface area contributed by atoms with Crippen molar-refractivity contribution in [2.75, 3.05) is 37.2 Å². The molecule has 0 radical (unpaired) electrons. The molecule has 0 saturated heterocycles. The summed E-state index contributed by atoms with van der Waals surface area (Å²) in [7, 11) is 3.30. The van der Waals surface area contributed by atoms with Crippen molar-refractivity contribution in [3.63, 3.8) is 0 Å². The largest absolute Gasteiger partial charge is 0.488 e. The van der Waals surface area contributed by atoms with Crippen LogP contribution >= 0.6 is 12.2 Å². The lowest BCUT2D eigenvalue weighted by Crippen LogP contribution is -2.60. The molecule has 0 bridgehead atoms. The zero-order chi connectivity index (χ0) is 23.3. The number of aryl methyl sites for hydroxylation is 1. The van der Waals surface area contributed by atoms with E-state index in [1.54, 1.807) is 49.2 Å². The summed E-state index contributed by atoms with van der Waals surface area (Å²) < 4.78 is 25.1. The van der Waals surface area contributed by atoms with Gasteiger partial charge in [-0.2, -0.15) is 5.26 Å². The number of hydrogen-bond acceptors (Lipinski definition) is 6. The molecule has 1 aromatic heterocycles. The number of aldehydes is 1. The van der Waals surface area contributed by atoms with Gasteiger partial charge in [-0.3, -0.25) is 0 Å². The van der Waals surface area contributed by atoms with Crippen molar-refractivity contribution in [1.29, 1.82) is 5.26 Å². The van der Waals surface area contributed by atoms with E-state index in [0.717, 1.165) is 12.7 Å². The molecule has 7 nitrogen and oxygen atoms in total. The van der Waals surface area contributed by atoms with Crippen LogP contribution in [-0.2, 0) is 9.53 Å². The van der Waals surface area contributed by atoms with E-state index in [4.69, 9.17) is 27.0 Å². The Hall–Kier alpha value is -3.09. The highest BCUT2D eigenvalue weighted by Gasteiger charge is 2.45. The van der Waals surface area contributed by atoms with Crippen molar-refractivity contribution in [3.8, 4) is 11.8 Å². The molecule has 0 aliphatic heterocycles. The number of thiocarbonyl (C=S) groups is 1. The number of pyridine rings is 1. The molecule has 1 fully saturated rings. The predicted molar refractivity (Wildman–Crippen MR) is 124 cm³/mol. The van der Waals surface area contributed by atoms with Crippen LogP contribution in [0.3, 0.4) is 0 Å². The highest BCUT2D eigenvalue weighted by atomic mass is 32.1. The Balaban J connectivity index is 1.96. The SMILES string of the molecule is COCCOc1ccc(N(C(=S)N(C)c2cnc(C#N)c(C)c2)C2(C=O)CCC2)cc1F. The number of nitriles is 1. The number of aromatic nitrogens is 1. The maximum atomic E-state index is 14.8. The second-order valence-corrected chi connectivity index (χ2v) is 8.04. The van der Waals surface area contributed by atoms with E-state index < -0.39 is 11.4 Å². The molecule has 0 spiro atoms. The van der Waals surface area contributed by atoms with E-state index in [1.807, 2.05) is 6.07 Å². The van der Waals surface area contributed by atoms with Gasteiger partial charge < -0.3 is 24.1 Å². The third-order valence-corrected chi connectivity index (χ3v) is 6.09. The van der Waals surface area contributed by atoms with E-state index in [-0.39, 0.29) is 12.4 Å². The first-order valence-electron chi connectivity index (χ1n) is 10.2. The van der Waals surface area contributed by atoms with Gasteiger partial charge in [0.25, 0.3) is 0 Å². The van der Waals surface area contributed by atoms with Gasteiger partial charge in [-0.25, -0.2) is 9.37 Å². The lowest BCUT2D eigenvalue weighted by Gasteiger charge is -2.48. The van der Waals surface area contributed by atoms with Gasteiger partial charge in [-0.15, -0.1) is 0 Å². The van der Waals surface area contributed by atoms with Crippen molar-refractivity contribution in [3.05, 3.63) is 47.5 Å². The normalized spacial score (nSPS) is 14.1. The van der Waals surface area contributed by atoms with Crippen molar-refractivity contribution in [2.45, 2.75) is 31.7 Å². The maximum absolute atomic E-state index is 14.8. The van der Waals surface area contributed by atoms with E-state index in [2.05, 4.69) is 4.98 Å². The summed E-state index contributed by atoms with van der Waals surface area (Å²) in [6.07, 6.45) is 4.54. The summed E-state index contributed by atoms with van der Waals surface area (Å²) in [5.74, 6) is -0.448. The molecule has 32 heavy (non-hydrogen) atoms. The van der Waals surface area contributed by atoms with Crippen LogP contribution in [-0.4, -0.2) is 49.3 Å². The quantitative estimate of drug-likeness (QED) is 0.337. The van der Waals surface area contributed by atoms with Gasteiger partial charge in [-0.05, 0) is 62.2 Å². The average molecular weight is 457 g/mol. The Bertz CT molecular complexity index is 1050. The Morgan fingerprint density at radius 3 is 2.62 bits per heavy atom. The van der Waals surface area contributed by atoms with Gasteiger partial charge >= 0.3 is 0 Å². The Kier molecular flexibility index (Phi) is 7.38. The molecule has 1 saturated carbocycles. The number of halogens is 1. The van der Waals surface area contributed by atoms with Crippen molar-refractivity contribution < 1.29 is 18.7 Å². The second kappa shape index (κ2) is 10.0. The van der Waals surface area contributed by atoms with E-state index in [9.17, 15) is 9.18 Å². The van der Waals surface area contributed by atoms with Crippen LogP contribution in [0.5, 0.6) is 5.75 Å². The number of nitrogens with zero attached hydrogens (tertiary/aromatic N) is 4. The third kappa shape index (κ3) is 4.56. The van der Waals surface area contributed by atoms with Gasteiger partial charge in [0.15, 0.2) is 16.7 Å². The van der Waals surface area contributed by atoms with Gasteiger partial charge in [0.1, 0.15) is 30.2 Å². The standard InChI is InChI=1S/C23H25FN4O3S/c1-16-11-18(14-26-20(16)13-25)27(2)22(32)28(23(15-29)7-4-8-23)17-5-6-21(19(24)12-17)31-10-9-30-3/h5-6,11-12,14-15H,4,7-10H2,1-3H3. The molecule has 1 aromatic carbocycles. The Labute approximate surface area is 192 Å². The molecule has 3 rings (SSSR count). The third-order valence-electron chi connectivity index (χ3n) is 5.64. The Morgan fingerprint density at radius 2 is 2.09 bits per heavy atom. The first kappa shape index (κ1) is 23.6. The fraction of sp³-hybridized carbons (Fsp3) is 0.391. The molecule has 9 heteroatoms. The molecular formula is C23H25FN4O3S. The van der Waals surface area contributed by atoms with Crippen LogP contribution < -0.4 is 14.5 Å². The fourth-order valence-corrected chi connectivity index (χ4v) is 3.99. The average Bonchev–Trinajstić information content (AvgIpc) is 2.76. The number of carbonyl (C=O) groups is 1. The van der Waals surface area contributed by atoms with Gasteiger partial charge in [-0.1, -0.05) is 0 Å². The molecule has 0 amide bonds. The molecule has 0 atom stereocenters. The monoisotopic (exact) mass is 456 g/mol. The number of methoxy groups -OCH3 is 1. The van der Waals surface area contributed by atoms with E-state index in [0.29, 0.717) is 47.2 Å². The fourth-order valence-electron chi connectivity index (χ4n) is 3.59. The highest BCUT2D eigenvalue weighted by Crippen LogP contribution is 2.41. The summed E-state index contributed by atoms with van der Waals surface area (Å²) >= 11 is 5.77. The predicted octanol–water partition coefficient (Wildman–Crippen LogP) is 3.78. The van der Waals surface area contributed by atoms with E-state index >= 15 is 0 Å². The van der Waals surface area contributed by atoms with Crippen LogP contribution in [0.4, 0.5) is 15.8 Å². The number of hydrogen-bond donors (Lipinski definition) is 0. The second-order valence-electron chi connectivity index (χ2n) is 7.68. The zero-order valence-electron chi connectivity index (χ0n) is 18.3. The molecule has 2 aromatic rings. The topological polar surface area (TPSA) is 78.7 Å². The van der Waals surface area contributed by atoms with Crippen molar-refractivity contribution in [2.24, 2.45) is 0 Å². The number of carbonyl (C=O) groups excluding carboxylic acids is 1. The van der Waals surface area contributed by atoms with Crippen LogP contribution in [0.25, 0.3) is 0 Å². The lowest BCUT2D eigenvalue weighted by molar-refractivity contribution is -0.114. The minimum absolute atomic E-state index is 0.103. The summed E-state index contributed by atoms with van der Waals surface area (Å²) in [6, 6.07) is 8.39. The molecule has 0 unspecified atom stereocenters.